The topological polar surface area (TPSA) is 69.2 Å². The lowest BCUT2D eigenvalue weighted by atomic mass is 9.81. The smallest absolute Gasteiger partial charge is 0.188 e. The van der Waals surface area contributed by atoms with Crippen LogP contribution in [0.5, 0.6) is 11.5 Å². The van der Waals surface area contributed by atoms with Gasteiger partial charge in [-0.3, -0.25) is 0 Å². The Bertz CT molecular complexity index is 454. The number of nitrogens with one attached hydrogen (secondary N) is 1. The summed E-state index contributed by atoms with van der Waals surface area (Å²) in [5, 5.41) is 9.17. The molecule has 0 aromatic heterocycles. The highest BCUT2D eigenvalue weighted by atomic mass is 16.7. The number of hydrogen-bond acceptors (Lipinski definition) is 6. The number of methoxy groups -OCH3 is 2. The molecule has 0 heterocycles. The number of rotatable bonds is 8. The minimum absolute atomic E-state index is 0.137. The third-order valence-corrected chi connectivity index (χ3v) is 3.96. The highest BCUT2D eigenvalue weighted by Gasteiger charge is 2.25. The second kappa shape index (κ2) is 8.95. The van der Waals surface area contributed by atoms with E-state index in [9.17, 15) is 5.21 Å². The lowest BCUT2D eigenvalue weighted by Gasteiger charge is -2.29. The second-order valence-electron chi connectivity index (χ2n) is 5.49. The van der Waals surface area contributed by atoms with E-state index in [1.165, 1.54) is 0 Å². The normalized spacial score (nSPS) is 21.6. The van der Waals surface area contributed by atoms with Gasteiger partial charge in [0.25, 0.3) is 0 Å². The molecule has 1 aromatic rings. The molecule has 1 aliphatic rings. The molecule has 1 fully saturated rings. The molecule has 22 heavy (non-hydrogen) atoms. The molecule has 1 aromatic carbocycles. The fraction of sp³-hybridized carbons (Fsp3) is 0.625. The molecule has 0 saturated heterocycles. The van der Waals surface area contributed by atoms with E-state index in [1.54, 1.807) is 14.2 Å². The van der Waals surface area contributed by atoms with E-state index in [-0.39, 0.29) is 19.6 Å². The molecule has 124 valence electrons. The summed E-state index contributed by atoms with van der Waals surface area (Å²) >= 11 is 0. The van der Waals surface area contributed by atoms with Gasteiger partial charge in [0.1, 0.15) is 11.5 Å². The molecule has 2 rings (SSSR count). The van der Waals surface area contributed by atoms with Crippen LogP contribution in [0.4, 0.5) is 0 Å². The summed E-state index contributed by atoms with van der Waals surface area (Å²) in [6, 6.07) is 5.95. The summed E-state index contributed by atoms with van der Waals surface area (Å²) < 4.78 is 21.1. The van der Waals surface area contributed by atoms with Gasteiger partial charge in [-0.05, 0) is 36.8 Å². The van der Waals surface area contributed by atoms with Gasteiger partial charge >= 0.3 is 0 Å². The number of hydrogen-bond donors (Lipinski definition) is 2. The molecule has 6 nitrogen and oxygen atoms in total. The van der Waals surface area contributed by atoms with Crippen molar-refractivity contribution in [2.75, 3.05) is 27.8 Å². The third-order valence-electron chi connectivity index (χ3n) is 3.96. The molecule has 6 heteroatoms. The maximum atomic E-state index is 9.17. The van der Waals surface area contributed by atoms with Crippen molar-refractivity contribution in [2.24, 2.45) is 0 Å². The molecule has 0 radical (unpaired) electrons. The molecule has 0 spiro atoms. The van der Waals surface area contributed by atoms with E-state index in [4.69, 9.17) is 18.9 Å². The molecule has 2 N–H and O–H groups in total. The fourth-order valence-electron chi connectivity index (χ4n) is 2.91. The van der Waals surface area contributed by atoms with Crippen LogP contribution in [0.15, 0.2) is 18.2 Å². The van der Waals surface area contributed by atoms with Crippen molar-refractivity contribution in [2.45, 2.75) is 37.6 Å². The standard InChI is InChI=1S/C16H25NO5/c1-19-10-21-14-6-7-15(16(9-14)22-11-20-2)12-4-3-5-13(8-12)17-18/h6-7,9,12-13,17-18H,3-5,8,10-11H2,1-2H3. The second-order valence-corrected chi connectivity index (χ2v) is 5.49. The van der Waals surface area contributed by atoms with E-state index in [0.29, 0.717) is 11.7 Å². The molecule has 2 atom stereocenters. The Hall–Kier alpha value is -1.34. The van der Waals surface area contributed by atoms with Gasteiger partial charge < -0.3 is 24.2 Å². The molecule has 2 unspecified atom stereocenters. The van der Waals surface area contributed by atoms with Crippen LogP contribution in [0.2, 0.25) is 0 Å². The summed E-state index contributed by atoms with van der Waals surface area (Å²) in [6.07, 6.45) is 4.04. The SMILES string of the molecule is COCOc1ccc(C2CCCC(NO)C2)c(OCOC)c1. The van der Waals surface area contributed by atoms with Crippen LogP contribution in [-0.4, -0.2) is 39.1 Å². The molecular weight excluding hydrogens is 286 g/mol. The number of benzene rings is 1. The average Bonchev–Trinajstić information content (AvgIpc) is 2.58. The average molecular weight is 311 g/mol. The maximum absolute atomic E-state index is 9.17. The Morgan fingerprint density at radius 2 is 1.91 bits per heavy atom. The van der Waals surface area contributed by atoms with Crippen LogP contribution in [0.3, 0.4) is 0 Å². The fourth-order valence-corrected chi connectivity index (χ4v) is 2.91. The maximum Gasteiger partial charge on any atom is 0.188 e. The van der Waals surface area contributed by atoms with Crippen LogP contribution < -0.4 is 15.0 Å². The third kappa shape index (κ3) is 4.58. The van der Waals surface area contributed by atoms with Crippen LogP contribution in [0.25, 0.3) is 0 Å². The molecule has 0 bridgehead atoms. The van der Waals surface area contributed by atoms with Crippen molar-refractivity contribution in [3.63, 3.8) is 0 Å². The van der Waals surface area contributed by atoms with Gasteiger partial charge in [-0.15, -0.1) is 0 Å². The minimum atomic E-state index is 0.137. The predicted octanol–water partition coefficient (Wildman–Crippen LogP) is 2.66. The van der Waals surface area contributed by atoms with Gasteiger partial charge in [-0.2, -0.15) is 0 Å². The molecule has 0 amide bonds. The van der Waals surface area contributed by atoms with Crippen molar-refractivity contribution >= 4 is 0 Å². The van der Waals surface area contributed by atoms with Crippen molar-refractivity contribution in [3.8, 4) is 11.5 Å². The van der Waals surface area contributed by atoms with E-state index in [1.807, 2.05) is 18.2 Å². The molecule has 1 aliphatic carbocycles. The summed E-state index contributed by atoms with van der Waals surface area (Å²) in [7, 11) is 3.18. The van der Waals surface area contributed by atoms with Gasteiger partial charge in [-0.1, -0.05) is 12.5 Å². The Balaban J connectivity index is 2.16. The Morgan fingerprint density at radius 3 is 2.64 bits per heavy atom. The largest absolute Gasteiger partial charge is 0.467 e. The van der Waals surface area contributed by atoms with E-state index >= 15 is 0 Å². The zero-order chi connectivity index (χ0) is 15.8. The van der Waals surface area contributed by atoms with Crippen molar-refractivity contribution < 1.29 is 24.2 Å². The summed E-state index contributed by atoms with van der Waals surface area (Å²) in [5.41, 5.74) is 3.53. The van der Waals surface area contributed by atoms with Crippen LogP contribution in [-0.2, 0) is 9.47 Å². The highest BCUT2D eigenvalue weighted by Crippen LogP contribution is 2.39. The lowest BCUT2D eigenvalue weighted by Crippen LogP contribution is -2.31. The van der Waals surface area contributed by atoms with Crippen LogP contribution in [0, 0.1) is 0 Å². The van der Waals surface area contributed by atoms with Crippen molar-refractivity contribution in [1.82, 2.24) is 5.48 Å². The highest BCUT2D eigenvalue weighted by molar-refractivity contribution is 5.43. The minimum Gasteiger partial charge on any atom is -0.467 e. The molecule has 0 aliphatic heterocycles. The predicted molar refractivity (Wildman–Crippen MR) is 81.4 cm³/mol. The van der Waals surface area contributed by atoms with E-state index in [0.717, 1.165) is 37.0 Å². The first-order valence-electron chi connectivity index (χ1n) is 7.55. The number of hydroxylamine groups is 1. The number of ether oxygens (including phenoxy) is 4. The van der Waals surface area contributed by atoms with Gasteiger partial charge in [0.05, 0.1) is 0 Å². The first-order valence-corrected chi connectivity index (χ1v) is 7.55. The van der Waals surface area contributed by atoms with E-state index in [2.05, 4.69) is 5.48 Å². The molecular formula is C16H25NO5. The van der Waals surface area contributed by atoms with Crippen LogP contribution in [0.1, 0.15) is 37.2 Å². The van der Waals surface area contributed by atoms with Crippen molar-refractivity contribution in [1.29, 1.82) is 0 Å². The monoisotopic (exact) mass is 311 g/mol. The zero-order valence-electron chi connectivity index (χ0n) is 13.2. The van der Waals surface area contributed by atoms with Crippen molar-refractivity contribution in [3.05, 3.63) is 23.8 Å². The van der Waals surface area contributed by atoms with Gasteiger partial charge in [0.2, 0.25) is 0 Å². The van der Waals surface area contributed by atoms with Gasteiger partial charge in [0.15, 0.2) is 13.6 Å². The Labute approximate surface area is 131 Å². The van der Waals surface area contributed by atoms with Crippen LogP contribution >= 0.6 is 0 Å². The van der Waals surface area contributed by atoms with E-state index < -0.39 is 0 Å². The Morgan fingerprint density at radius 1 is 1.14 bits per heavy atom. The Kier molecular flexibility index (Phi) is 6.92. The molecule has 1 saturated carbocycles. The summed E-state index contributed by atoms with van der Waals surface area (Å²) in [6.45, 7) is 0.387. The van der Waals surface area contributed by atoms with Gasteiger partial charge in [-0.25, -0.2) is 5.48 Å². The van der Waals surface area contributed by atoms with Gasteiger partial charge in [0, 0.05) is 26.3 Å². The summed E-state index contributed by atoms with van der Waals surface area (Å²) in [4.78, 5) is 0. The zero-order valence-corrected chi connectivity index (χ0v) is 13.2. The first-order chi connectivity index (χ1) is 10.8. The summed E-state index contributed by atoms with van der Waals surface area (Å²) in [5.74, 6) is 1.81. The quantitative estimate of drug-likeness (QED) is 0.568. The lowest BCUT2D eigenvalue weighted by molar-refractivity contribution is 0.0450. The first kappa shape index (κ1) is 17.0.